The van der Waals surface area contributed by atoms with Crippen molar-refractivity contribution in [3.05, 3.63) is 59.2 Å². The molecule has 0 unspecified atom stereocenters. The second-order valence-electron chi connectivity index (χ2n) is 6.63. The molecule has 28 heavy (non-hydrogen) atoms. The quantitative estimate of drug-likeness (QED) is 0.674. The Bertz CT molecular complexity index is 922. The number of anilines is 1. The number of rotatable bonds is 9. The molecular formula is C21H29N3O3S. The molecule has 0 aliphatic rings. The third kappa shape index (κ3) is 5.33. The molecule has 0 fully saturated rings. The maximum Gasteiger partial charge on any atom is 0.243 e. The number of carbonyl (C=O) groups excluding carboxylic acids is 1. The highest BCUT2D eigenvalue weighted by Crippen LogP contribution is 2.23. The monoisotopic (exact) mass is 403 g/mol. The van der Waals surface area contributed by atoms with Gasteiger partial charge < -0.3 is 10.6 Å². The summed E-state index contributed by atoms with van der Waals surface area (Å²) in [7, 11) is -3.55. The predicted octanol–water partition coefficient (Wildman–Crippen LogP) is 3.06. The van der Waals surface area contributed by atoms with Crippen LogP contribution in [0.5, 0.6) is 0 Å². The summed E-state index contributed by atoms with van der Waals surface area (Å²) in [5.74, 6) is -0.156. The molecule has 0 aromatic heterocycles. The topological polar surface area (TPSA) is 78.5 Å². The summed E-state index contributed by atoms with van der Waals surface area (Å²) >= 11 is 0. The molecule has 1 amide bonds. The van der Waals surface area contributed by atoms with Gasteiger partial charge in [-0.05, 0) is 42.7 Å². The number of aryl methyl sites for hydroxylation is 2. The zero-order valence-electron chi connectivity index (χ0n) is 17.0. The van der Waals surface area contributed by atoms with Gasteiger partial charge in [0.1, 0.15) is 0 Å². The van der Waals surface area contributed by atoms with Crippen LogP contribution in [-0.4, -0.2) is 38.3 Å². The first kappa shape index (κ1) is 21.9. The maximum atomic E-state index is 12.8. The highest BCUT2D eigenvalue weighted by Gasteiger charge is 2.23. The van der Waals surface area contributed by atoms with Crippen molar-refractivity contribution in [1.82, 2.24) is 9.62 Å². The van der Waals surface area contributed by atoms with Crippen LogP contribution in [0.2, 0.25) is 0 Å². The van der Waals surface area contributed by atoms with E-state index in [1.165, 1.54) is 4.31 Å². The third-order valence-electron chi connectivity index (χ3n) is 4.70. The van der Waals surface area contributed by atoms with Gasteiger partial charge in [0.05, 0.1) is 11.4 Å². The second kappa shape index (κ2) is 9.71. The standard InChI is InChI=1S/C21H29N3O3S/c1-5-24(6-2)28(26,27)20-13-19(12-11-17(20)4)22-15-21(25)23-14-18-10-8-7-9-16(18)3/h7-13,22H,5-6,14-15H2,1-4H3,(H,23,25). The fourth-order valence-corrected chi connectivity index (χ4v) is 4.65. The van der Waals surface area contributed by atoms with Crippen molar-refractivity contribution in [3.63, 3.8) is 0 Å². The number of nitrogens with zero attached hydrogens (tertiary/aromatic N) is 1. The molecule has 0 saturated carbocycles. The van der Waals surface area contributed by atoms with Crippen LogP contribution >= 0.6 is 0 Å². The molecule has 0 atom stereocenters. The summed E-state index contributed by atoms with van der Waals surface area (Å²) in [6, 6.07) is 13.0. The molecule has 7 heteroatoms. The lowest BCUT2D eigenvalue weighted by Crippen LogP contribution is -2.31. The largest absolute Gasteiger partial charge is 0.376 e. The van der Waals surface area contributed by atoms with Crippen molar-refractivity contribution in [3.8, 4) is 0 Å². The number of hydrogen-bond acceptors (Lipinski definition) is 4. The van der Waals surface area contributed by atoms with Crippen molar-refractivity contribution >= 4 is 21.6 Å². The number of hydrogen-bond donors (Lipinski definition) is 2. The van der Waals surface area contributed by atoms with Crippen molar-refractivity contribution < 1.29 is 13.2 Å². The summed E-state index contributed by atoms with van der Waals surface area (Å²) in [5, 5.41) is 5.89. The molecule has 0 spiro atoms. The van der Waals surface area contributed by atoms with Gasteiger partial charge in [0.15, 0.2) is 0 Å². The SMILES string of the molecule is CCN(CC)S(=O)(=O)c1cc(NCC(=O)NCc2ccccc2C)ccc1C. The van der Waals surface area contributed by atoms with Gasteiger partial charge in [0.25, 0.3) is 0 Å². The average Bonchev–Trinajstić information content (AvgIpc) is 2.67. The lowest BCUT2D eigenvalue weighted by molar-refractivity contribution is -0.119. The van der Waals surface area contributed by atoms with Gasteiger partial charge in [0, 0.05) is 25.3 Å². The van der Waals surface area contributed by atoms with E-state index in [2.05, 4.69) is 10.6 Å². The third-order valence-corrected chi connectivity index (χ3v) is 6.89. The van der Waals surface area contributed by atoms with Gasteiger partial charge in [0.2, 0.25) is 15.9 Å². The highest BCUT2D eigenvalue weighted by atomic mass is 32.2. The molecule has 0 aliphatic carbocycles. The fourth-order valence-electron chi connectivity index (χ4n) is 2.94. The van der Waals surface area contributed by atoms with E-state index in [9.17, 15) is 13.2 Å². The summed E-state index contributed by atoms with van der Waals surface area (Å²) in [5.41, 5.74) is 3.48. The molecule has 2 N–H and O–H groups in total. The Morgan fingerprint density at radius 2 is 1.68 bits per heavy atom. The van der Waals surface area contributed by atoms with Crippen LogP contribution in [0.25, 0.3) is 0 Å². The van der Waals surface area contributed by atoms with E-state index in [1.807, 2.05) is 45.0 Å². The van der Waals surface area contributed by atoms with Crippen LogP contribution in [0.4, 0.5) is 5.69 Å². The molecule has 2 aromatic carbocycles. The lowest BCUT2D eigenvalue weighted by Gasteiger charge is -2.20. The Morgan fingerprint density at radius 1 is 1.00 bits per heavy atom. The number of carbonyl (C=O) groups is 1. The van der Waals surface area contributed by atoms with Gasteiger partial charge in [-0.25, -0.2) is 8.42 Å². The highest BCUT2D eigenvalue weighted by molar-refractivity contribution is 7.89. The van der Waals surface area contributed by atoms with Crippen LogP contribution in [0, 0.1) is 13.8 Å². The summed E-state index contributed by atoms with van der Waals surface area (Å²) in [4.78, 5) is 12.4. The predicted molar refractivity (Wildman–Crippen MR) is 113 cm³/mol. The first-order chi connectivity index (χ1) is 13.3. The molecule has 0 heterocycles. The van der Waals surface area contributed by atoms with Crippen molar-refractivity contribution in [2.75, 3.05) is 25.0 Å². The zero-order chi connectivity index (χ0) is 20.7. The van der Waals surface area contributed by atoms with E-state index in [0.29, 0.717) is 30.9 Å². The normalized spacial score (nSPS) is 11.5. The fraction of sp³-hybridized carbons (Fsp3) is 0.381. The second-order valence-corrected chi connectivity index (χ2v) is 8.53. The molecule has 6 nitrogen and oxygen atoms in total. The number of sulfonamides is 1. The van der Waals surface area contributed by atoms with Crippen LogP contribution < -0.4 is 10.6 Å². The van der Waals surface area contributed by atoms with Gasteiger partial charge >= 0.3 is 0 Å². The molecule has 0 saturated heterocycles. The molecule has 2 rings (SSSR count). The minimum absolute atomic E-state index is 0.0691. The molecule has 0 radical (unpaired) electrons. The molecule has 2 aromatic rings. The minimum atomic E-state index is -3.55. The Balaban J connectivity index is 2.03. The first-order valence-corrected chi connectivity index (χ1v) is 10.9. The Labute approximate surface area is 168 Å². The van der Waals surface area contributed by atoms with Crippen LogP contribution in [0.1, 0.15) is 30.5 Å². The molecule has 0 bridgehead atoms. The smallest absolute Gasteiger partial charge is 0.243 e. The molecular weight excluding hydrogens is 374 g/mol. The minimum Gasteiger partial charge on any atom is -0.376 e. The van der Waals surface area contributed by atoms with Crippen molar-refractivity contribution in [2.24, 2.45) is 0 Å². The van der Waals surface area contributed by atoms with Crippen LogP contribution in [0.3, 0.4) is 0 Å². The number of benzene rings is 2. The van der Waals surface area contributed by atoms with Gasteiger partial charge in [-0.1, -0.05) is 44.2 Å². The van der Waals surface area contributed by atoms with Crippen LogP contribution in [-0.2, 0) is 21.4 Å². The Kier molecular flexibility index (Phi) is 7.60. The molecule has 0 aliphatic heterocycles. The van der Waals surface area contributed by atoms with Gasteiger partial charge in [-0.15, -0.1) is 0 Å². The van der Waals surface area contributed by atoms with Crippen molar-refractivity contribution in [1.29, 1.82) is 0 Å². The Hall–Kier alpha value is -2.38. The van der Waals surface area contributed by atoms with E-state index in [0.717, 1.165) is 11.1 Å². The van der Waals surface area contributed by atoms with E-state index < -0.39 is 10.0 Å². The summed E-state index contributed by atoms with van der Waals surface area (Å²) in [6.45, 7) is 8.77. The van der Waals surface area contributed by atoms with E-state index in [-0.39, 0.29) is 17.3 Å². The summed E-state index contributed by atoms with van der Waals surface area (Å²) in [6.07, 6.45) is 0. The summed E-state index contributed by atoms with van der Waals surface area (Å²) < 4.78 is 27.1. The zero-order valence-corrected chi connectivity index (χ0v) is 17.8. The van der Waals surface area contributed by atoms with Crippen molar-refractivity contribution in [2.45, 2.75) is 39.1 Å². The van der Waals surface area contributed by atoms with E-state index >= 15 is 0 Å². The van der Waals surface area contributed by atoms with Gasteiger partial charge in [-0.2, -0.15) is 4.31 Å². The first-order valence-electron chi connectivity index (χ1n) is 9.45. The van der Waals surface area contributed by atoms with E-state index in [1.54, 1.807) is 25.1 Å². The Morgan fingerprint density at radius 3 is 2.32 bits per heavy atom. The average molecular weight is 404 g/mol. The molecule has 152 valence electrons. The van der Waals surface area contributed by atoms with E-state index in [4.69, 9.17) is 0 Å². The lowest BCUT2D eigenvalue weighted by atomic mass is 10.1. The number of amides is 1. The maximum absolute atomic E-state index is 12.8. The van der Waals surface area contributed by atoms with Gasteiger partial charge in [-0.3, -0.25) is 4.79 Å². The number of nitrogens with one attached hydrogen (secondary N) is 2. The van der Waals surface area contributed by atoms with Crippen LogP contribution in [0.15, 0.2) is 47.4 Å².